The van der Waals surface area contributed by atoms with Gasteiger partial charge in [-0.25, -0.2) is 9.97 Å². The van der Waals surface area contributed by atoms with Crippen molar-refractivity contribution in [3.63, 3.8) is 0 Å². The Labute approximate surface area is 191 Å². The largest absolute Gasteiger partial charge is 0.355 e. The van der Waals surface area contributed by atoms with E-state index in [0.717, 1.165) is 45.4 Å². The number of aromatic nitrogens is 3. The minimum atomic E-state index is -0.0280. The van der Waals surface area contributed by atoms with Gasteiger partial charge >= 0.3 is 0 Å². The highest BCUT2D eigenvalue weighted by molar-refractivity contribution is 8.00. The van der Waals surface area contributed by atoms with Crippen molar-refractivity contribution in [3.8, 4) is 0 Å². The van der Waals surface area contributed by atoms with Crippen molar-refractivity contribution in [2.75, 3.05) is 18.8 Å². The molecule has 0 saturated carbocycles. The van der Waals surface area contributed by atoms with E-state index in [1.165, 1.54) is 29.1 Å². The van der Waals surface area contributed by atoms with E-state index in [1.807, 2.05) is 13.8 Å². The number of Topliss-reactive ketones (excluding diaryl/α,β-unsaturated/α-hetero) is 2. The second kappa shape index (κ2) is 9.63. The molecule has 0 atom stereocenters. The smallest absolute Gasteiger partial charge is 0.189 e. The first-order chi connectivity index (χ1) is 14.7. The molecular weight excluding hydrogens is 428 g/mol. The van der Waals surface area contributed by atoms with Gasteiger partial charge in [-0.3, -0.25) is 14.5 Å². The van der Waals surface area contributed by atoms with E-state index in [2.05, 4.69) is 37.6 Å². The fraction of sp³-hybridized carbons (Fsp3) is 0.478. The Kier molecular flexibility index (Phi) is 7.34. The van der Waals surface area contributed by atoms with Gasteiger partial charge in [0.1, 0.15) is 15.7 Å². The van der Waals surface area contributed by atoms with Gasteiger partial charge in [-0.05, 0) is 58.8 Å². The fourth-order valence-corrected chi connectivity index (χ4v) is 5.93. The van der Waals surface area contributed by atoms with Crippen LogP contribution in [-0.2, 0) is 6.54 Å². The first-order valence-electron chi connectivity index (χ1n) is 10.5. The van der Waals surface area contributed by atoms with E-state index in [0.29, 0.717) is 17.8 Å². The van der Waals surface area contributed by atoms with Gasteiger partial charge in [-0.1, -0.05) is 25.6 Å². The van der Waals surface area contributed by atoms with Crippen LogP contribution in [0.2, 0.25) is 0 Å². The molecule has 0 spiro atoms. The standard InChI is InChI=1S/C23H30N4O2S2/c1-8-27(9-2)10-18-25-22(20-12(3)16(7)31-23(20)26-18)30-11-17(29)21-13(4)19(15(6)28)14(5)24-21/h24H,8-11H2,1-7H3. The second-order valence-electron chi connectivity index (χ2n) is 7.76. The highest BCUT2D eigenvalue weighted by Gasteiger charge is 2.22. The average Bonchev–Trinajstić information content (AvgIpc) is 3.18. The van der Waals surface area contributed by atoms with Crippen LogP contribution in [0.15, 0.2) is 5.03 Å². The summed E-state index contributed by atoms with van der Waals surface area (Å²) in [5, 5.41) is 1.91. The fourth-order valence-electron chi connectivity index (χ4n) is 3.84. The van der Waals surface area contributed by atoms with Crippen molar-refractivity contribution in [2.24, 2.45) is 0 Å². The SMILES string of the molecule is CCN(CC)Cc1nc(SCC(=O)c2[nH]c(C)c(C(C)=O)c2C)c2c(C)c(C)sc2n1. The molecule has 3 aromatic rings. The van der Waals surface area contributed by atoms with Crippen LogP contribution in [0.1, 0.15) is 69.1 Å². The maximum atomic E-state index is 13.0. The van der Waals surface area contributed by atoms with Gasteiger partial charge in [-0.2, -0.15) is 0 Å². The summed E-state index contributed by atoms with van der Waals surface area (Å²) in [6.45, 7) is 16.2. The summed E-state index contributed by atoms with van der Waals surface area (Å²) in [6.07, 6.45) is 0. The van der Waals surface area contributed by atoms with Crippen LogP contribution >= 0.6 is 23.1 Å². The summed E-state index contributed by atoms with van der Waals surface area (Å²) in [4.78, 5) is 42.2. The summed E-state index contributed by atoms with van der Waals surface area (Å²) >= 11 is 3.13. The number of aromatic amines is 1. The second-order valence-corrected chi connectivity index (χ2v) is 9.93. The Balaban J connectivity index is 1.92. The minimum Gasteiger partial charge on any atom is -0.355 e. The highest BCUT2D eigenvalue weighted by atomic mass is 32.2. The first-order valence-corrected chi connectivity index (χ1v) is 12.3. The summed E-state index contributed by atoms with van der Waals surface area (Å²) in [6, 6.07) is 0. The summed E-state index contributed by atoms with van der Waals surface area (Å²) in [7, 11) is 0. The molecule has 0 aliphatic heterocycles. The number of rotatable bonds is 9. The lowest BCUT2D eigenvalue weighted by Crippen LogP contribution is -2.23. The Morgan fingerprint density at radius 1 is 1.06 bits per heavy atom. The van der Waals surface area contributed by atoms with Crippen LogP contribution in [0.25, 0.3) is 10.2 Å². The predicted octanol–water partition coefficient (Wildman–Crippen LogP) is 5.27. The molecule has 8 heteroatoms. The Bertz CT molecular complexity index is 1140. The number of hydrogen-bond acceptors (Lipinski definition) is 7. The zero-order chi connectivity index (χ0) is 22.9. The third-order valence-electron chi connectivity index (χ3n) is 5.71. The number of hydrogen-bond donors (Lipinski definition) is 1. The van der Waals surface area contributed by atoms with E-state index in [1.54, 1.807) is 11.3 Å². The number of carbonyl (C=O) groups excluding carboxylic acids is 2. The van der Waals surface area contributed by atoms with Gasteiger partial charge in [0.2, 0.25) is 0 Å². The predicted molar refractivity (Wildman–Crippen MR) is 129 cm³/mol. The molecule has 0 aliphatic rings. The van der Waals surface area contributed by atoms with Crippen molar-refractivity contribution < 1.29 is 9.59 Å². The molecule has 31 heavy (non-hydrogen) atoms. The monoisotopic (exact) mass is 458 g/mol. The van der Waals surface area contributed by atoms with Crippen LogP contribution in [0, 0.1) is 27.7 Å². The summed E-state index contributed by atoms with van der Waals surface area (Å²) in [5.41, 5.74) is 3.78. The van der Waals surface area contributed by atoms with Crippen molar-refractivity contribution in [2.45, 2.75) is 60.0 Å². The summed E-state index contributed by atoms with van der Waals surface area (Å²) in [5.74, 6) is 0.988. The molecule has 3 aromatic heterocycles. The number of carbonyl (C=O) groups is 2. The molecule has 1 N–H and O–H groups in total. The molecule has 3 rings (SSSR count). The molecule has 0 radical (unpaired) electrons. The van der Waals surface area contributed by atoms with Crippen molar-refractivity contribution >= 4 is 44.9 Å². The lowest BCUT2D eigenvalue weighted by atomic mass is 10.1. The third-order valence-corrected chi connectivity index (χ3v) is 7.79. The number of nitrogens with zero attached hydrogens (tertiary/aromatic N) is 3. The van der Waals surface area contributed by atoms with E-state index >= 15 is 0 Å². The lowest BCUT2D eigenvalue weighted by Gasteiger charge is -2.17. The highest BCUT2D eigenvalue weighted by Crippen LogP contribution is 2.35. The number of ketones is 2. The molecule has 0 aliphatic carbocycles. The Morgan fingerprint density at radius 3 is 2.32 bits per heavy atom. The molecule has 0 bridgehead atoms. The lowest BCUT2D eigenvalue weighted by molar-refractivity contribution is 0.101. The molecule has 0 saturated heterocycles. The van der Waals surface area contributed by atoms with Gasteiger partial charge in [0.15, 0.2) is 11.6 Å². The average molecular weight is 459 g/mol. The number of thioether (sulfide) groups is 1. The minimum absolute atomic E-state index is 0.0270. The summed E-state index contributed by atoms with van der Waals surface area (Å²) < 4.78 is 0. The molecule has 0 unspecified atom stereocenters. The van der Waals surface area contributed by atoms with Gasteiger partial charge in [0, 0.05) is 21.5 Å². The van der Waals surface area contributed by atoms with E-state index < -0.39 is 0 Å². The molecular formula is C23H30N4O2S2. The topological polar surface area (TPSA) is 79.0 Å². The molecule has 166 valence electrons. The van der Waals surface area contributed by atoms with Crippen LogP contribution in [-0.4, -0.2) is 50.3 Å². The number of aryl methyl sites for hydroxylation is 3. The van der Waals surface area contributed by atoms with Crippen molar-refractivity contribution in [1.82, 2.24) is 19.9 Å². The quantitative estimate of drug-likeness (QED) is 0.267. The van der Waals surface area contributed by atoms with Gasteiger partial charge in [0.05, 0.1) is 18.0 Å². The number of thiophene rings is 1. The molecule has 0 amide bonds. The molecule has 0 aromatic carbocycles. The molecule has 3 heterocycles. The van der Waals surface area contributed by atoms with Gasteiger partial charge < -0.3 is 4.98 Å². The van der Waals surface area contributed by atoms with Crippen LogP contribution in [0.5, 0.6) is 0 Å². The first kappa shape index (κ1) is 23.6. The Hall–Kier alpha value is -2.03. The van der Waals surface area contributed by atoms with Gasteiger partial charge in [-0.15, -0.1) is 11.3 Å². The van der Waals surface area contributed by atoms with Crippen molar-refractivity contribution in [1.29, 1.82) is 0 Å². The van der Waals surface area contributed by atoms with E-state index in [4.69, 9.17) is 9.97 Å². The van der Waals surface area contributed by atoms with Crippen LogP contribution in [0.3, 0.4) is 0 Å². The van der Waals surface area contributed by atoms with E-state index in [-0.39, 0.29) is 17.3 Å². The van der Waals surface area contributed by atoms with Crippen molar-refractivity contribution in [3.05, 3.63) is 38.8 Å². The number of fused-ring (bicyclic) bond motifs is 1. The maximum absolute atomic E-state index is 13.0. The Morgan fingerprint density at radius 2 is 1.74 bits per heavy atom. The van der Waals surface area contributed by atoms with Gasteiger partial charge in [0.25, 0.3) is 0 Å². The maximum Gasteiger partial charge on any atom is 0.189 e. The molecule has 6 nitrogen and oxygen atoms in total. The number of H-pyrrole nitrogens is 1. The van der Waals surface area contributed by atoms with Crippen LogP contribution in [0.4, 0.5) is 0 Å². The normalized spacial score (nSPS) is 11.6. The van der Waals surface area contributed by atoms with E-state index in [9.17, 15) is 9.59 Å². The zero-order valence-electron chi connectivity index (χ0n) is 19.3. The van der Waals surface area contributed by atoms with Crippen LogP contribution < -0.4 is 0 Å². The molecule has 0 fully saturated rings. The third kappa shape index (κ3) is 4.76. The number of nitrogens with one attached hydrogen (secondary N) is 1. The zero-order valence-corrected chi connectivity index (χ0v) is 20.9.